The van der Waals surface area contributed by atoms with Gasteiger partial charge >= 0.3 is 0 Å². The molecule has 1 aromatic carbocycles. The van der Waals surface area contributed by atoms with Crippen LogP contribution in [0.3, 0.4) is 0 Å². The topological polar surface area (TPSA) is 13.1 Å². The van der Waals surface area contributed by atoms with Crippen LogP contribution in [0.15, 0.2) is 48.8 Å². The van der Waals surface area contributed by atoms with Crippen LogP contribution in [0.4, 0.5) is 0 Å². The van der Waals surface area contributed by atoms with Crippen molar-refractivity contribution in [3.8, 4) is 11.5 Å². The molecular weight excluding hydrogens is 313 g/mol. The van der Waals surface area contributed by atoms with Gasteiger partial charge in [0.2, 0.25) is 0 Å². The first-order valence-corrected chi connectivity index (χ1v) is 4.94. The summed E-state index contributed by atoms with van der Waals surface area (Å²) in [6.45, 7) is 2.04. The van der Waals surface area contributed by atoms with Gasteiger partial charge in [-0.1, -0.05) is 18.2 Å². The Hall–Kier alpha value is -1.10. The highest BCUT2D eigenvalue weighted by atomic mass is 127. The minimum Gasteiger partial charge on any atom is -1.00 e. The number of aromatic nitrogens is 1. The van der Waals surface area contributed by atoms with E-state index < -0.39 is 0 Å². The molecule has 0 amide bonds. The van der Waals surface area contributed by atoms with E-state index in [4.69, 9.17) is 4.74 Å². The highest BCUT2D eigenvalue weighted by Crippen LogP contribution is 2.23. The van der Waals surface area contributed by atoms with Crippen LogP contribution in [0.5, 0.6) is 11.5 Å². The minimum absolute atomic E-state index is 0. The van der Waals surface area contributed by atoms with Gasteiger partial charge in [-0.25, -0.2) is 4.57 Å². The maximum atomic E-state index is 5.75. The molecule has 3 heteroatoms. The molecule has 0 atom stereocenters. The Morgan fingerprint density at radius 2 is 1.62 bits per heavy atom. The van der Waals surface area contributed by atoms with Crippen molar-refractivity contribution in [3.63, 3.8) is 0 Å². The van der Waals surface area contributed by atoms with Crippen LogP contribution >= 0.6 is 0 Å². The summed E-state index contributed by atoms with van der Waals surface area (Å²) >= 11 is 0. The fourth-order valence-corrected chi connectivity index (χ4v) is 1.35. The number of benzene rings is 1. The monoisotopic (exact) mass is 327 g/mol. The molecule has 1 aromatic heterocycles. The second-order valence-corrected chi connectivity index (χ2v) is 3.57. The smallest absolute Gasteiger partial charge is 0.172 e. The predicted molar refractivity (Wildman–Crippen MR) is 58.9 cm³/mol. The van der Waals surface area contributed by atoms with Gasteiger partial charge in [-0.3, -0.25) is 0 Å². The molecule has 0 aliphatic heterocycles. The van der Waals surface area contributed by atoms with Crippen LogP contribution in [-0.4, -0.2) is 0 Å². The number of para-hydroxylation sites is 1. The van der Waals surface area contributed by atoms with E-state index in [1.807, 2.05) is 67.3 Å². The van der Waals surface area contributed by atoms with Gasteiger partial charge in [0.25, 0.3) is 0 Å². The standard InChI is InChI=1S/C13H14NO.HI/c1-11-5-3-4-6-13(11)15-12-7-9-14(2)10-8-12;/h3-10H,1-2H3;1H/q+1;/p-1. The quantitative estimate of drug-likeness (QED) is 0.541. The van der Waals surface area contributed by atoms with Crippen LogP contribution in [0.25, 0.3) is 0 Å². The lowest BCUT2D eigenvalue weighted by atomic mass is 10.2. The maximum Gasteiger partial charge on any atom is 0.172 e. The number of aryl methyl sites for hydroxylation is 2. The highest BCUT2D eigenvalue weighted by Gasteiger charge is 2.01. The summed E-state index contributed by atoms with van der Waals surface area (Å²) in [6.07, 6.45) is 3.93. The second-order valence-electron chi connectivity index (χ2n) is 3.57. The van der Waals surface area contributed by atoms with Gasteiger partial charge in [0.1, 0.15) is 18.5 Å². The molecule has 84 valence electrons. The Morgan fingerprint density at radius 1 is 1.00 bits per heavy atom. The molecule has 2 aromatic rings. The van der Waals surface area contributed by atoms with E-state index in [9.17, 15) is 0 Å². The molecule has 0 unspecified atom stereocenters. The molecule has 0 saturated carbocycles. The number of hydrogen-bond donors (Lipinski definition) is 0. The summed E-state index contributed by atoms with van der Waals surface area (Å²) in [5, 5.41) is 0. The molecule has 0 spiro atoms. The summed E-state index contributed by atoms with van der Waals surface area (Å²) < 4.78 is 7.73. The van der Waals surface area contributed by atoms with Gasteiger partial charge in [0.05, 0.1) is 0 Å². The molecule has 0 radical (unpaired) electrons. The Balaban J connectivity index is 0.00000128. The summed E-state index contributed by atoms with van der Waals surface area (Å²) in [6, 6.07) is 11.9. The van der Waals surface area contributed by atoms with E-state index in [0.29, 0.717) is 0 Å². The predicted octanol–water partition coefficient (Wildman–Crippen LogP) is -0.384. The summed E-state index contributed by atoms with van der Waals surface area (Å²) in [5.41, 5.74) is 1.14. The molecule has 2 rings (SSSR count). The molecule has 0 aliphatic carbocycles. The third-order valence-corrected chi connectivity index (χ3v) is 2.27. The lowest BCUT2D eigenvalue weighted by molar-refractivity contribution is -0.671. The molecule has 16 heavy (non-hydrogen) atoms. The van der Waals surface area contributed by atoms with E-state index in [1.165, 1.54) is 0 Å². The molecule has 1 heterocycles. The van der Waals surface area contributed by atoms with E-state index in [-0.39, 0.29) is 24.0 Å². The average molecular weight is 327 g/mol. The Kier molecular flexibility index (Phi) is 4.73. The molecule has 0 N–H and O–H groups in total. The third-order valence-electron chi connectivity index (χ3n) is 2.27. The lowest BCUT2D eigenvalue weighted by Gasteiger charge is -2.06. The normalized spacial score (nSPS) is 9.38. The van der Waals surface area contributed by atoms with Crippen molar-refractivity contribution in [1.29, 1.82) is 0 Å². The largest absolute Gasteiger partial charge is 1.00 e. The van der Waals surface area contributed by atoms with Crippen LogP contribution < -0.4 is 33.3 Å². The maximum absolute atomic E-state index is 5.75. The van der Waals surface area contributed by atoms with Crippen molar-refractivity contribution in [1.82, 2.24) is 0 Å². The summed E-state index contributed by atoms with van der Waals surface area (Å²) in [4.78, 5) is 0. The van der Waals surface area contributed by atoms with Gasteiger partial charge in [-0.05, 0) is 18.6 Å². The molecule has 2 nitrogen and oxygen atoms in total. The van der Waals surface area contributed by atoms with Crippen LogP contribution in [0, 0.1) is 6.92 Å². The Morgan fingerprint density at radius 3 is 2.25 bits per heavy atom. The van der Waals surface area contributed by atoms with Gasteiger partial charge in [0, 0.05) is 12.1 Å². The van der Waals surface area contributed by atoms with E-state index in [1.54, 1.807) is 0 Å². The number of nitrogens with zero attached hydrogens (tertiary/aromatic N) is 1. The minimum atomic E-state index is 0. The number of halogens is 1. The zero-order valence-corrected chi connectivity index (χ0v) is 11.5. The van der Waals surface area contributed by atoms with Crippen molar-refractivity contribution in [3.05, 3.63) is 54.4 Å². The highest BCUT2D eigenvalue weighted by molar-refractivity contribution is 5.35. The number of hydrogen-bond acceptors (Lipinski definition) is 1. The SMILES string of the molecule is Cc1ccccc1Oc1cc[n+](C)cc1.[I-]. The average Bonchev–Trinajstić information content (AvgIpc) is 2.25. The van der Waals surface area contributed by atoms with Crippen molar-refractivity contribution in [2.45, 2.75) is 6.92 Å². The fourth-order valence-electron chi connectivity index (χ4n) is 1.35. The van der Waals surface area contributed by atoms with Gasteiger partial charge < -0.3 is 28.7 Å². The van der Waals surface area contributed by atoms with Gasteiger partial charge in [0.15, 0.2) is 12.4 Å². The molecule has 0 bridgehead atoms. The molecule has 0 saturated heterocycles. The molecule has 0 aliphatic rings. The number of rotatable bonds is 2. The molecule has 0 fully saturated rings. The second kappa shape index (κ2) is 5.84. The van der Waals surface area contributed by atoms with E-state index in [2.05, 4.69) is 0 Å². The van der Waals surface area contributed by atoms with Gasteiger partial charge in [-0.15, -0.1) is 0 Å². The van der Waals surface area contributed by atoms with Crippen molar-refractivity contribution < 1.29 is 33.3 Å². The Labute approximate surface area is 113 Å². The van der Waals surface area contributed by atoms with Gasteiger partial charge in [-0.2, -0.15) is 0 Å². The van der Waals surface area contributed by atoms with E-state index in [0.717, 1.165) is 17.1 Å². The zero-order valence-electron chi connectivity index (χ0n) is 9.35. The first-order valence-electron chi connectivity index (χ1n) is 4.94. The fraction of sp³-hybridized carbons (Fsp3) is 0.154. The third kappa shape index (κ3) is 3.20. The molecular formula is C13H14INO. The van der Waals surface area contributed by atoms with Crippen molar-refractivity contribution in [2.75, 3.05) is 0 Å². The van der Waals surface area contributed by atoms with Crippen molar-refractivity contribution in [2.24, 2.45) is 7.05 Å². The first kappa shape index (κ1) is 13.0. The summed E-state index contributed by atoms with van der Waals surface area (Å²) in [5.74, 6) is 1.77. The zero-order chi connectivity index (χ0) is 10.7. The number of ether oxygens (including phenoxy) is 1. The lowest BCUT2D eigenvalue weighted by Crippen LogP contribution is -3.00. The van der Waals surface area contributed by atoms with Crippen LogP contribution in [0.2, 0.25) is 0 Å². The van der Waals surface area contributed by atoms with Crippen molar-refractivity contribution >= 4 is 0 Å². The summed E-state index contributed by atoms with van der Waals surface area (Å²) in [7, 11) is 1.98. The number of pyridine rings is 1. The van der Waals surface area contributed by atoms with E-state index >= 15 is 0 Å². The van der Waals surface area contributed by atoms with Crippen LogP contribution in [-0.2, 0) is 7.05 Å². The van der Waals surface area contributed by atoms with Crippen LogP contribution in [0.1, 0.15) is 5.56 Å². The Bertz CT molecular complexity index is 454. The first-order chi connectivity index (χ1) is 7.25.